The number of carbonyl (C=O) groups is 2. The van der Waals surface area contributed by atoms with Gasteiger partial charge in [0.25, 0.3) is 11.8 Å². The van der Waals surface area contributed by atoms with Gasteiger partial charge in [-0.05, 0) is 42.5 Å². The van der Waals surface area contributed by atoms with Crippen LogP contribution < -0.4 is 5.32 Å². The summed E-state index contributed by atoms with van der Waals surface area (Å²) in [4.78, 5) is 26.5. The molecule has 1 heterocycles. The molecule has 24 heavy (non-hydrogen) atoms. The second kappa shape index (κ2) is 7.47. The molecule has 1 saturated heterocycles. The molecule has 0 unspecified atom stereocenters. The summed E-state index contributed by atoms with van der Waals surface area (Å²) >= 11 is 5.82. The van der Waals surface area contributed by atoms with E-state index >= 15 is 0 Å². The maximum absolute atomic E-state index is 12.5. The van der Waals surface area contributed by atoms with E-state index in [9.17, 15) is 9.59 Å². The molecule has 0 saturated carbocycles. The average molecular weight is 345 g/mol. The van der Waals surface area contributed by atoms with Crippen molar-refractivity contribution < 1.29 is 14.3 Å². The van der Waals surface area contributed by atoms with Gasteiger partial charge < -0.3 is 15.0 Å². The second-order valence-electron chi connectivity index (χ2n) is 5.45. The smallest absolute Gasteiger partial charge is 0.255 e. The van der Waals surface area contributed by atoms with Crippen molar-refractivity contribution in [2.24, 2.45) is 0 Å². The molecule has 2 aromatic carbocycles. The van der Waals surface area contributed by atoms with Crippen LogP contribution in [0, 0.1) is 0 Å². The van der Waals surface area contributed by atoms with E-state index in [2.05, 4.69) is 5.32 Å². The zero-order chi connectivity index (χ0) is 16.9. The molecule has 1 aliphatic rings. The Kier molecular flexibility index (Phi) is 5.13. The third-order valence-corrected chi connectivity index (χ3v) is 4.02. The number of ether oxygens (including phenoxy) is 1. The molecule has 0 radical (unpaired) electrons. The minimum atomic E-state index is -0.248. The van der Waals surface area contributed by atoms with E-state index in [0.717, 1.165) is 0 Å². The van der Waals surface area contributed by atoms with E-state index in [1.54, 1.807) is 53.4 Å². The molecular formula is C18H17ClN2O3. The summed E-state index contributed by atoms with van der Waals surface area (Å²) in [5.74, 6) is -0.302. The third kappa shape index (κ3) is 3.93. The fourth-order valence-corrected chi connectivity index (χ4v) is 2.61. The van der Waals surface area contributed by atoms with Crippen LogP contribution in [0.3, 0.4) is 0 Å². The van der Waals surface area contributed by atoms with Crippen molar-refractivity contribution in [1.29, 1.82) is 0 Å². The summed E-state index contributed by atoms with van der Waals surface area (Å²) in [7, 11) is 0. The number of rotatable bonds is 3. The van der Waals surface area contributed by atoms with Crippen molar-refractivity contribution in [1.82, 2.24) is 4.90 Å². The number of amides is 2. The van der Waals surface area contributed by atoms with Crippen LogP contribution in [0.25, 0.3) is 0 Å². The third-order valence-electron chi connectivity index (χ3n) is 3.77. The van der Waals surface area contributed by atoms with Crippen LogP contribution in [-0.4, -0.2) is 43.0 Å². The van der Waals surface area contributed by atoms with Gasteiger partial charge >= 0.3 is 0 Å². The minimum Gasteiger partial charge on any atom is -0.378 e. The van der Waals surface area contributed by atoms with E-state index in [0.29, 0.717) is 48.1 Å². The fourth-order valence-electron chi connectivity index (χ4n) is 2.48. The van der Waals surface area contributed by atoms with Crippen LogP contribution in [0.2, 0.25) is 5.02 Å². The Morgan fingerprint density at radius 1 is 1.00 bits per heavy atom. The molecule has 1 aliphatic heterocycles. The van der Waals surface area contributed by atoms with Gasteiger partial charge in [0.15, 0.2) is 0 Å². The van der Waals surface area contributed by atoms with Gasteiger partial charge in [-0.1, -0.05) is 17.7 Å². The highest BCUT2D eigenvalue weighted by Gasteiger charge is 2.18. The molecule has 0 aliphatic carbocycles. The lowest BCUT2D eigenvalue weighted by atomic mass is 10.1. The highest BCUT2D eigenvalue weighted by Crippen LogP contribution is 2.16. The van der Waals surface area contributed by atoms with Gasteiger partial charge in [-0.2, -0.15) is 0 Å². The Hall–Kier alpha value is -2.37. The Bertz CT molecular complexity index is 740. The summed E-state index contributed by atoms with van der Waals surface area (Å²) in [5, 5.41) is 3.37. The molecule has 1 N–H and O–H groups in total. The summed E-state index contributed by atoms with van der Waals surface area (Å²) in [6, 6.07) is 13.6. The van der Waals surface area contributed by atoms with Crippen LogP contribution in [0.1, 0.15) is 20.7 Å². The SMILES string of the molecule is O=C(Nc1cccc(C(=O)N2CCOCC2)c1)c1ccc(Cl)cc1. The lowest BCUT2D eigenvalue weighted by Gasteiger charge is -2.27. The van der Waals surface area contributed by atoms with Crippen molar-refractivity contribution in [3.8, 4) is 0 Å². The Labute approximate surface area is 145 Å². The predicted molar refractivity (Wildman–Crippen MR) is 92.6 cm³/mol. The molecule has 3 rings (SSSR count). The highest BCUT2D eigenvalue weighted by molar-refractivity contribution is 6.30. The van der Waals surface area contributed by atoms with Crippen molar-refractivity contribution in [2.45, 2.75) is 0 Å². The topological polar surface area (TPSA) is 58.6 Å². The molecule has 2 amide bonds. The van der Waals surface area contributed by atoms with Crippen LogP contribution in [0.4, 0.5) is 5.69 Å². The fraction of sp³-hybridized carbons (Fsp3) is 0.222. The zero-order valence-electron chi connectivity index (χ0n) is 13.0. The lowest BCUT2D eigenvalue weighted by molar-refractivity contribution is 0.0303. The zero-order valence-corrected chi connectivity index (χ0v) is 13.8. The standard InChI is InChI=1S/C18H17ClN2O3/c19-15-6-4-13(5-7-15)17(22)20-16-3-1-2-14(12-16)18(23)21-8-10-24-11-9-21/h1-7,12H,8-11H2,(H,20,22). The quantitative estimate of drug-likeness (QED) is 0.931. The number of hydrogen-bond acceptors (Lipinski definition) is 3. The molecular weight excluding hydrogens is 328 g/mol. The maximum atomic E-state index is 12.5. The van der Waals surface area contributed by atoms with Crippen LogP contribution in [-0.2, 0) is 4.74 Å². The number of benzene rings is 2. The largest absolute Gasteiger partial charge is 0.378 e. The number of nitrogens with one attached hydrogen (secondary N) is 1. The number of morpholine rings is 1. The Morgan fingerprint density at radius 2 is 1.71 bits per heavy atom. The summed E-state index contributed by atoms with van der Waals surface area (Å²) in [6.45, 7) is 2.28. The first-order chi connectivity index (χ1) is 11.6. The van der Waals surface area contributed by atoms with Crippen molar-refractivity contribution in [3.05, 3.63) is 64.7 Å². The normalized spacial score (nSPS) is 14.3. The average Bonchev–Trinajstić information content (AvgIpc) is 2.62. The lowest BCUT2D eigenvalue weighted by Crippen LogP contribution is -2.40. The molecule has 1 fully saturated rings. The number of hydrogen-bond donors (Lipinski definition) is 1. The van der Waals surface area contributed by atoms with E-state index in [1.807, 2.05) is 0 Å². The van der Waals surface area contributed by atoms with E-state index in [4.69, 9.17) is 16.3 Å². The number of halogens is 1. The van der Waals surface area contributed by atoms with Gasteiger partial charge in [0, 0.05) is 34.9 Å². The molecule has 5 nitrogen and oxygen atoms in total. The number of anilines is 1. The summed E-state index contributed by atoms with van der Waals surface area (Å²) < 4.78 is 5.26. The predicted octanol–water partition coefficient (Wildman–Crippen LogP) is 3.06. The molecule has 0 aromatic heterocycles. The van der Waals surface area contributed by atoms with Crippen molar-refractivity contribution in [2.75, 3.05) is 31.6 Å². The maximum Gasteiger partial charge on any atom is 0.255 e. The van der Waals surface area contributed by atoms with E-state index in [1.165, 1.54) is 0 Å². The number of carbonyl (C=O) groups excluding carboxylic acids is 2. The van der Waals surface area contributed by atoms with Crippen molar-refractivity contribution >= 4 is 29.1 Å². The molecule has 0 atom stereocenters. The van der Waals surface area contributed by atoms with Gasteiger partial charge in [0.05, 0.1) is 13.2 Å². The van der Waals surface area contributed by atoms with Crippen LogP contribution in [0.5, 0.6) is 0 Å². The van der Waals surface area contributed by atoms with Crippen LogP contribution >= 0.6 is 11.6 Å². The van der Waals surface area contributed by atoms with E-state index < -0.39 is 0 Å². The molecule has 0 bridgehead atoms. The molecule has 0 spiro atoms. The van der Waals surface area contributed by atoms with Gasteiger partial charge in [-0.25, -0.2) is 0 Å². The molecule has 6 heteroatoms. The first-order valence-corrected chi connectivity index (χ1v) is 8.05. The number of nitrogens with zero attached hydrogens (tertiary/aromatic N) is 1. The molecule has 2 aromatic rings. The summed E-state index contributed by atoms with van der Waals surface area (Å²) in [5.41, 5.74) is 1.63. The van der Waals surface area contributed by atoms with Gasteiger partial charge in [-0.3, -0.25) is 9.59 Å². The monoisotopic (exact) mass is 344 g/mol. The Balaban J connectivity index is 1.71. The van der Waals surface area contributed by atoms with Gasteiger partial charge in [-0.15, -0.1) is 0 Å². The minimum absolute atomic E-state index is 0.0547. The first-order valence-electron chi connectivity index (χ1n) is 7.67. The molecule has 124 valence electrons. The van der Waals surface area contributed by atoms with Gasteiger partial charge in [0.2, 0.25) is 0 Å². The Morgan fingerprint density at radius 3 is 2.42 bits per heavy atom. The van der Waals surface area contributed by atoms with Gasteiger partial charge in [0.1, 0.15) is 0 Å². The van der Waals surface area contributed by atoms with Crippen molar-refractivity contribution in [3.63, 3.8) is 0 Å². The summed E-state index contributed by atoms with van der Waals surface area (Å²) in [6.07, 6.45) is 0. The van der Waals surface area contributed by atoms with Crippen LogP contribution in [0.15, 0.2) is 48.5 Å². The van der Waals surface area contributed by atoms with E-state index in [-0.39, 0.29) is 11.8 Å². The first kappa shape index (κ1) is 16.5. The highest BCUT2D eigenvalue weighted by atomic mass is 35.5. The second-order valence-corrected chi connectivity index (χ2v) is 5.88.